The first kappa shape index (κ1) is 22.9. The van der Waals surface area contributed by atoms with Crippen LogP contribution in [0.25, 0.3) is 0 Å². The summed E-state index contributed by atoms with van der Waals surface area (Å²) in [6, 6.07) is 7.95. The summed E-state index contributed by atoms with van der Waals surface area (Å²) in [5.41, 5.74) is -0.0709. The number of hydrogen-bond acceptors (Lipinski definition) is 4. The Hall–Kier alpha value is -1.41. The van der Waals surface area contributed by atoms with Crippen molar-refractivity contribution in [3.05, 3.63) is 51.2 Å². The molecule has 1 heterocycles. The van der Waals surface area contributed by atoms with E-state index in [0.717, 1.165) is 4.88 Å². The third-order valence-electron chi connectivity index (χ3n) is 4.49. The van der Waals surface area contributed by atoms with Gasteiger partial charge in [0.05, 0.1) is 21.5 Å². The molecule has 0 saturated heterocycles. The van der Waals surface area contributed by atoms with Crippen molar-refractivity contribution in [2.24, 2.45) is 5.41 Å². The molecule has 0 spiro atoms. The van der Waals surface area contributed by atoms with Crippen LogP contribution in [0.4, 0.5) is 0 Å². The van der Waals surface area contributed by atoms with Gasteiger partial charge in [-0.1, -0.05) is 52.3 Å². The maximum Gasteiger partial charge on any atom is 0.253 e. The molecule has 2 aromatic rings. The van der Waals surface area contributed by atoms with Crippen molar-refractivity contribution in [1.82, 2.24) is 9.62 Å². The quantitative estimate of drug-likeness (QED) is 0.659. The van der Waals surface area contributed by atoms with Gasteiger partial charge in [-0.25, -0.2) is 8.42 Å². The van der Waals surface area contributed by atoms with Crippen LogP contribution in [-0.4, -0.2) is 31.7 Å². The fraction of sp³-hybridized carbons (Fsp3) is 0.450. The van der Waals surface area contributed by atoms with Crippen molar-refractivity contribution in [1.29, 1.82) is 0 Å². The number of halogens is 1. The van der Waals surface area contributed by atoms with Gasteiger partial charge in [-0.15, -0.1) is 11.3 Å². The summed E-state index contributed by atoms with van der Waals surface area (Å²) < 4.78 is 27.0. The van der Waals surface area contributed by atoms with Crippen LogP contribution in [0.2, 0.25) is 5.02 Å². The lowest BCUT2D eigenvalue weighted by molar-refractivity contribution is 0.0903. The summed E-state index contributed by atoms with van der Waals surface area (Å²) in [6.07, 6.45) is 0. The molecule has 0 fully saturated rings. The Morgan fingerprint density at radius 2 is 1.86 bits per heavy atom. The molecule has 1 aromatic carbocycles. The molecule has 0 bridgehead atoms. The van der Waals surface area contributed by atoms with Gasteiger partial charge in [-0.05, 0) is 35.1 Å². The van der Waals surface area contributed by atoms with E-state index in [9.17, 15) is 13.2 Å². The van der Waals surface area contributed by atoms with Gasteiger partial charge in [-0.3, -0.25) is 4.79 Å². The van der Waals surface area contributed by atoms with Gasteiger partial charge in [0.1, 0.15) is 0 Å². The maximum atomic E-state index is 13.0. The van der Waals surface area contributed by atoms with E-state index in [1.54, 1.807) is 25.2 Å². The van der Waals surface area contributed by atoms with Crippen LogP contribution >= 0.6 is 22.9 Å². The van der Waals surface area contributed by atoms with Gasteiger partial charge in [-0.2, -0.15) is 4.31 Å². The molecule has 1 aromatic heterocycles. The largest absolute Gasteiger partial charge is 0.344 e. The second-order valence-electron chi connectivity index (χ2n) is 7.52. The van der Waals surface area contributed by atoms with E-state index in [-0.39, 0.29) is 26.9 Å². The summed E-state index contributed by atoms with van der Waals surface area (Å²) >= 11 is 7.81. The Balaban J connectivity index is 2.40. The van der Waals surface area contributed by atoms with E-state index in [4.69, 9.17) is 11.6 Å². The minimum atomic E-state index is -3.68. The molecule has 2 rings (SSSR count). The van der Waals surface area contributed by atoms with Crippen LogP contribution in [0.3, 0.4) is 0 Å². The van der Waals surface area contributed by atoms with Gasteiger partial charge < -0.3 is 5.32 Å². The first-order chi connectivity index (χ1) is 13.0. The lowest BCUT2D eigenvalue weighted by Crippen LogP contribution is -2.36. The first-order valence-electron chi connectivity index (χ1n) is 9.16. The van der Waals surface area contributed by atoms with E-state index in [2.05, 4.69) is 5.32 Å². The number of sulfonamides is 1. The van der Waals surface area contributed by atoms with Gasteiger partial charge in [0, 0.05) is 18.0 Å². The van der Waals surface area contributed by atoms with Gasteiger partial charge in [0.2, 0.25) is 10.0 Å². The van der Waals surface area contributed by atoms with Gasteiger partial charge in [0.25, 0.3) is 5.91 Å². The number of amides is 1. The third kappa shape index (κ3) is 4.95. The molecule has 0 radical (unpaired) electrons. The van der Waals surface area contributed by atoms with Crippen molar-refractivity contribution in [2.75, 3.05) is 13.1 Å². The average Bonchev–Trinajstić information content (AvgIpc) is 3.13. The fourth-order valence-corrected chi connectivity index (χ4v) is 5.64. The molecule has 0 aliphatic rings. The van der Waals surface area contributed by atoms with E-state index >= 15 is 0 Å². The van der Waals surface area contributed by atoms with E-state index in [1.807, 2.05) is 38.3 Å². The van der Waals surface area contributed by atoms with Gasteiger partial charge >= 0.3 is 0 Å². The normalized spacial score (nSPS) is 13.5. The van der Waals surface area contributed by atoms with Crippen LogP contribution in [-0.2, 0) is 10.0 Å². The maximum absolute atomic E-state index is 13.0. The van der Waals surface area contributed by atoms with Crippen LogP contribution in [0.5, 0.6) is 0 Å². The van der Waals surface area contributed by atoms with E-state index in [0.29, 0.717) is 13.1 Å². The molecule has 1 unspecified atom stereocenters. The summed E-state index contributed by atoms with van der Waals surface area (Å²) in [6.45, 7) is 10.4. The highest BCUT2D eigenvalue weighted by atomic mass is 35.5. The Bertz CT molecular complexity index is 915. The summed E-state index contributed by atoms with van der Waals surface area (Å²) in [5.74, 6) is -0.394. The predicted octanol–water partition coefficient (Wildman–Crippen LogP) is 4.95. The minimum absolute atomic E-state index is 0.0641. The van der Waals surface area contributed by atoms with Crippen LogP contribution in [0.1, 0.15) is 55.9 Å². The zero-order valence-electron chi connectivity index (χ0n) is 16.8. The highest BCUT2D eigenvalue weighted by Crippen LogP contribution is 2.35. The highest BCUT2D eigenvalue weighted by molar-refractivity contribution is 7.89. The number of carbonyl (C=O) groups is 1. The second-order valence-corrected chi connectivity index (χ2v) is 10.8. The molecule has 154 valence electrons. The fourth-order valence-electron chi connectivity index (χ4n) is 2.93. The van der Waals surface area contributed by atoms with Crippen molar-refractivity contribution in [2.45, 2.75) is 45.6 Å². The number of hydrogen-bond donors (Lipinski definition) is 1. The first-order valence-corrected chi connectivity index (χ1v) is 11.9. The molecule has 1 atom stereocenters. The van der Waals surface area contributed by atoms with Crippen LogP contribution in [0.15, 0.2) is 40.6 Å². The lowest BCUT2D eigenvalue weighted by atomic mass is 9.85. The van der Waals surface area contributed by atoms with Crippen LogP contribution < -0.4 is 5.32 Å². The number of nitrogens with one attached hydrogen (secondary N) is 1. The molecule has 1 amide bonds. The smallest absolute Gasteiger partial charge is 0.253 e. The summed E-state index contributed by atoms with van der Waals surface area (Å²) in [5, 5.41) is 5.21. The van der Waals surface area contributed by atoms with Gasteiger partial charge in [0.15, 0.2) is 0 Å². The van der Waals surface area contributed by atoms with Crippen molar-refractivity contribution in [3.8, 4) is 0 Å². The zero-order chi connectivity index (χ0) is 21.1. The third-order valence-corrected chi connectivity index (χ3v) is 7.81. The lowest BCUT2D eigenvalue weighted by Gasteiger charge is -2.31. The predicted molar refractivity (Wildman–Crippen MR) is 116 cm³/mol. The second kappa shape index (κ2) is 8.95. The number of thiophene rings is 1. The molecule has 0 aliphatic heterocycles. The van der Waals surface area contributed by atoms with Crippen molar-refractivity contribution in [3.63, 3.8) is 0 Å². The molecule has 28 heavy (non-hydrogen) atoms. The molecular formula is C20H27ClN2O3S2. The van der Waals surface area contributed by atoms with E-state index < -0.39 is 15.9 Å². The van der Waals surface area contributed by atoms with Crippen molar-refractivity contribution >= 4 is 38.9 Å². The molecule has 5 nitrogen and oxygen atoms in total. The summed E-state index contributed by atoms with van der Waals surface area (Å²) in [4.78, 5) is 14.1. The Morgan fingerprint density at radius 1 is 1.21 bits per heavy atom. The Kier molecular flexibility index (Phi) is 7.31. The zero-order valence-corrected chi connectivity index (χ0v) is 19.2. The van der Waals surface area contributed by atoms with E-state index in [1.165, 1.54) is 22.5 Å². The topological polar surface area (TPSA) is 66.5 Å². The summed E-state index contributed by atoms with van der Waals surface area (Å²) in [7, 11) is -3.68. The number of rotatable bonds is 7. The number of carbonyl (C=O) groups excluding carboxylic acids is 1. The Labute approximate surface area is 176 Å². The molecule has 1 N–H and O–H groups in total. The molecule has 0 saturated carbocycles. The molecule has 8 heteroatoms. The number of nitrogens with zero attached hydrogens (tertiary/aromatic N) is 1. The average molecular weight is 443 g/mol. The Morgan fingerprint density at radius 3 is 2.36 bits per heavy atom. The monoisotopic (exact) mass is 442 g/mol. The highest BCUT2D eigenvalue weighted by Gasteiger charge is 2.30. The molecular weight excluding hydrogens is 416 g/mol. The SMILES string of the molecule is CCN(CC)S(=O)(=O)c1ccc(Cl)c(C(=O)NC(c2cccs2)C(C)(C)C)c1. The van der Waals surface area contributed by atoms with Crippen LogP contribution in [0, 0.1) is 5.41 Å². The van der Waals surface area contributed by atoms with Crippen molar-refractivity contribution < 1.29 is 13.2 Å². The molecule has 0 aliphatic carbocycles. The minimum Gasteiger partial charge on any atom is -0.344 e. The number of benzene rings is 1. The standard InChI is InChI=1S/C20H27ClN2O3S2/c1-6-23(7-2)28(25,26)14-10-11-16(21)15(13-14)19(24)22-18(20(3,4)5)17-9-8-12-27-17/h8-13,18H,6-7H2,1-5H3,(H,22,24).